The molecule has 1 aliphatic heterocycles. The summed E-state index contributed by atoms with van der Waals surface area (Å²) in [6.45, 7) is 6.44. The van der Waals surface area contributed by atoms with Crippen molar-refractivity contribution < 1.29 is 8.42 Å². The van der Waals surface area contributed by atoms with Gasteiger partial charge in [0.05, 0.1) is 4.90 Å². The van der Waals surface area contributed by atoms with Crippen LogP contribution in [0.4, 0.5) is 5.69 Å². The summed E-state index contributed by atoms with van der Waals surface area (Å²) in [4.78, 5) is 9.42. The lowest BCUT2D eigenvalue weighted by Crippen LogP contribution is -2.53. The summed E-state index contributed by atoms with van der Waals surface area (Å²) in [6, 6.07) is 13.1. The Balaban J connectivity index is 1.51. The fourth-order valence-electron chi connectivity index (χ4n) is 3.64. The van der Waals surface area contributed by atoms with E-state index in [1.165, 1.54) is 17.5 Å². The lowest BCUT2D eigenvalue weighted by atomic mass is 10.1. The lowest BCUT2D eigenvalue weighted by Gasteiger charge is -2.38. The van der Waals surface area contributed by atoms with Crippen molar-refractivity contribution in [1.29, 1.82) is 0 Å². The molecule has 1 N–H and O–H groups in total. The van der Waals surface area contributed by atoms with Gasteiger partial charge in [0.2, 0.25) is 0 Å². The summed E-state index contributed by atoms with van der Waals surface area (Å²) in [6.07, 6.45) is 2.02. The third-order valence-electron chi connectivity index (χ3n) is 5.35. The summed E-state index contributed by atoms with van der Waals surface area (Å²) < 4.78 is 23.1. The van der Waals surface area contributed by atoms with Gasteiger partial charge in [0, 0.05) is 56.7 Å². The summed E-state index contributed by atoms with van der Waals surface area (Å²) >= 11 is 6.18. The molecule has 0 saturated carbocycles. The molecule has 0 spiro atoms. The van der Waals surface area contributed by atoms with Crippen molar-refractivity contribution in [1.82, 2.24) is 10.2 Å². The minimum Gasteiger partial charge on any atom is -0.368 e. The van der Waals surface area contributed by atoms with Crippen molar-refractivity contribution in [3.63, 3.8) is 0 Å². The number of aliphatic imine (C=N–C) groups is 1. The predicted octanol–water partition coefficient (Wildman–Crippen LogP) is 2.99. The molecule has 0 radical (unpaired) electrons. The van der Waals surface area contributed by atoms with E-state index in [-0.39, 0.29) is 0 Å². The van der Waals surface area contributed by atoms with Crippen LogP contribution >= 0.6 is 11.6 Å². The second kappa shape index (κ2) is 9.71. The number of nitrogens with zero attached hydrogens (tertiary/aromatic N) is 3. The number of piperazine rings is 1. The molecule has 0 amide bonds. The maximum atomic E-state index is 11.6. The first-order valence-electron chi connectivity index (χ1n) is 10.0. The standard InChI is InChI=1S/C22H29ClN4O2S/c1-17-4-7-19(23)16-21(17)26-12-14-27(15-13-26)22(24-2)25-11-10-18-5-8-20(9-6-18)30(3,28)29/h4-9,16H,10-15H2,1-3H3,(H,24,25). The quantitative estimate of drug-likeness (QED) is 0.562. The molecule has 0 bridgehead atoms. The average Bonchev–Trinajstić information content (AvgIpc) is 2.73. The topological polar surface area (TPSA) is 65.0 Å². The molecule has 0 aliphatic carbocycles. The van der Waals surface area contributed by atoms with Gasteiger partial charge in [-0.15, -0.1) is 0 Å². The van der Waals surface area contributed by atoms with E-state index < -0.39 is 9.84 Å². The van der Waals surface area contributed by atoms with Crippen molar-refractivity contribution in [2.24, 2.45) is 4.99 Å². The van der Waals surface area contributed by atoms with E-state index in [9.17, 15) is 8.42 Å². The van der Waals surface area contributed by atoms with E-state index in [2.05, 4.69) is 33.1 Å². The Labute approximate surface area is 184 Å². The number of rotatable bonds is 5. The highest BCUT2D eigenvalue weighted by Gasteiger charge is 2.20. The molecule has 6 nitrogen and oxygen atoms in total. The first-order valence-corrected chi connectivity index (χ1v) is 12.3. The normalized spacial score (nSPS) is 15.4. The molecule has 3 rings (SSSR count). The number of halogens is 1. The SMILES string of the molecule is CN=C(NCCc1ccc(S(C)(=O)=O)cc1)N1CCN(c2cc(Cl)ccc2C)CC1. The van der Waals surface area contributed by atoms with Gasteiger partial charge < -0.3 is 15.1 Å². The smallest absolute Gasteiger partial charge is 0.193 e. The van der Waals surface area contributed by atoms with Gasteiger partial charge in [0.1, 0.15) is 0 Å². The van der Waals surface area contributed by atoms with Gasteiger partial charge >= 0.3 is 0 Å². The zero-order valence-corrected chi connectivity index (χ0v) is 19.3. The number of guanidine groups is 1. The van der Waals surface area contributed by atoms with Crippen molar-refractivity contribution in [2.45, 2.75) is 18.2 Å². The number of hydrogen-bond acceptors (Lipinski definition) is 4. The van der Waals surface area contributed by atoms with E-state index in [0.29, 0.717) is 4.90 Å². The van der Waals surface area contributed by atoms with Crippen molar-refractivity contribution >= 4 is 33.1 Å². The van der Waals surface area contributed by atoms with Crippen LogP contribution in [0, 0.1) is 6.92 Å². The van der Waals surface area contributed by atoms with Crippen LogP contribution in [0.5, 0.6) is 0 Å². The summed E-state index contributed by atoms with van der Waals surface area (Å²) in [5, 5.41) is 4.19. The Kier molecular flexibility index (Phi) is 7.26. The molecule has 8 heteroatoms. The Bertz CT molecular complexity index is 998. The van der Waals surface area contributed by atoms with Crippen LogP contribution in [0.2, 0.25) is 5.02 Å². The van der Waals surface area contributed by atoms with Gasteiger partial charge in [-0.2, -0.15) is 0 Å². The number of hydrogen-bond donors (Lipinski definition) is 1. The zero-order valence-electron chi connectivity index (χ0n) is 17.7. The molecule has 30 heavy (non-hydrogen) atoms. The molecule has 1 fully saturated rings. The van der Waals surface area contributed by atoms with Crippen LogP contribution in [0.3, 0.4) is 0 Å². The maximum Gasteiger partial charge on any atom is 0.193 e. The molecule has 162 valence electrons. The third kappa shape index (κ3) is 5.67. The first kappa shape index (κ1) is 22.4. The molecule has 1 heterocycles. The summed E-state index contributed by atoms with van der Waals surface area (Å²) in [7, 11) is -1.35. The third-order valence-corrected chi connectivity index (χ3v) is 6.71. The fourth-order valence-corrected chi connectivity index (χ4v) is 4.43. The van der Waals surface area contributed by atoms with Crippen LogP contribution in [-0.2, 0) is 16.3 Å². The first-order chi connectivity index (χ1) is 14.3. The minimum absolute atomic E-state index is 0.350. The van der Waals surface area contributed by atoms with Gasteiger partial charge in [0.25, 0.3) is 0 Å². The van der Waals surface area contributed by atoms with Crippen LogP contribution < -0.4 is 10.2 Å². The lowest BCUT2D eigenvalue weighted by molar-refractivity contribution is 0.373. The highest BCUT2D eigenvalue weighted by atomic mass is 35.5. The largest absolute Gasteiger partial charge is 0.368 e. The molecule has 0 aromatic heterocycles. The van der Waals surface area contributed by atoms with E-state index in [0.717, 1.165) is 55.7 Å². The van der Waals surface area contributed by atoms with E-state index >= 15 is 0 Å². The van der Waals surface area contributed by atoms with Crippen molar-refractivity contribution in [3.8, 4) is 0 Å². The number of benzene rings is 2. The summed E-state index contributed by atoms with van der Waals surface area (Å²) in [5.41, 5.74) is 3.52. The van der Waals surface area contributed by atoms with Gasteiger partial charge in [-0.25, -0.2) is 8.42 Å². The Morgan fingerprint density at radius 2 is 1.77 bits per heavy atom. The Morgan fingerprint density at radius 1 is 1.10 bits per heavy atom. The van der Waals surface area contributed by atoms with E-state index in [4.69, 9.17) is 11.6 Å². The average molecular weight is 449 g/mol. The van der Waals surface area contributed by atoms with E-state index in [1.807, 2.05) is 24.3 Å². The fraction of sp³-hybridized carbons (Fsp3) is 0.409. The second-order valence-electron chi connectivity index (χ2n) is 7.55. The van der Waals surface area contributed by atoms with Gasteiger partial charge in [0.15, 0.2) is 15.8 Å². The number of sulfone groups is 1. The number of anilines is 1. The van der Waals surface area contributed by atoms with Gasteiger partial charge in [-0.3, -0.25) is 4.99 Å². The summed E-state index contributed by atoms with van der Waals surface area (Å²) in [5.74, 6) is 0.894. The van der Waals surface area contributed by atoms with Crippen LogP contribution in [-0.4, -0.2) is 65.3 Å². The molecule has 0 unspecified atom stereocenters. The van der Waals surface area contributed by atoms with Crippen LogP contribution in [0.15, 0.2) is 52.4 Å². The van der Waals surface area contributed by atoms with E-state index in [1.54, 1.807) is 19.2 Å². The van der Waals surface area contributed by atoms with Gasteiger partial charge in [-0.1, -0.05) is 29.8 Å². The Hall–Kier alpha value is -2.25. The second-order valence-corrected chi connectivity index (χ2v) is 10.00. The highest BCUT2D eigenvalue weighted by Crippen LogP contribution is 2.25. The van der Waals surface area contributed by atoms with Gasteiger partial charge in [-0.05, 0) is 48.7 Å². The Morgan fingerprint density at radius 3 is 2.37 bits per heavy atom. The molecular weight excluding hydrogens is 420 g/mol. The zero-order chi connectivity index (χ0) is 21.7. The molecular formula is C22H29ClN4O2S. The molecule has 1 aliphatic rings. The number of nitrogens with one attached hydrogen (secondary N) is 1. The van der Waals surface area contributed by atoms with Crippen molar-refractivity contribution in [3.05, 3.63) is 58.6 Å². The molecule has 2 aromatic rings. The van der Waals surface area contributed by atoms with Crippen LogP contribution in [0.1, 0.15) is 11.1 Å². The number of aryl methyl sites for hydroxylation is 1. The highest BCUT2D eigenvalue weighted by molar-refractivity contribution is 7.90. The molecule has 1 saturated heterocycles. The van der Waals surface area contributed by atoms with Crippen LogP contribution in [0.25, 0.3) is 0 Å². The molecule has 2 aromatic carbocycles. The predicted molar refractivity (Wildman–Crippen MR) is 125 cm³/mol. The monoisotopic (exact) mass is 448 g/mol. The van der Waals surface area contributed by atoms with Crippen molar-refractivity contribution in [2.75, 3.05) is 50.9 Å². The minimum atomic E-state index is -3.15. The molecule has 0 atom stereocenters. The maximum absolute atomic E-state index is 11.6.